The van der Waals surface area contributed by atoms with Crippen molar-refractivity contribution in [1.29, 1.82) is 0 Å². The Morgan fingerprint density at radius 2 is 2.00 bits per heavy atom. The average Bonchev–Trinajstić information content (AvgIpc) is 2.37. The molecule has 0 heterocycles. The van der Waals surface area contributed by atoms with Crippen molar-refractivity contribution in [3.63, 3.8) is 0 Å². The van der Waals surface area contributed by atoms with Crippen molar-refractivity contribution in [3.05, 3.63) is 48.6 Å². The highest BCUT2D eigenvalue weighted by Crippen LogP contribution is 2.08. The SMILES string of the molecule is C=CCNC[C@H](Cc1ccccc1)NC(=O)OC(C)(C)C. The Bertz CT molecular complexity index is 438. The third-order valence-corrected chi connectivity index (χ3v) is 2.73. The third kappa shape index (κ3) is 8.15. The molecule has 1 aromatic rings. The summed E-state index contributed by atoms with van der Waals surface area (Å²) in [4.78, 5) is 11.9. The predicted octanol–water partition coefficient (Wildman–Crippen LogP) is 2.90. The molecule has 1 aromatic carbocycles. The van der Waals surface area contributed by atoms with Gasteiger partial charge in [0.05, 0.1) is 0 Å². The maximum atomic E-state index is 11.9. The fourth-order valence-electron chi connectivity index (χ4n) is 1.91. The van der Waals surface area contributed by atoms with E-state index in [2.05, 4.69) is 29.3 Å². The number of carbonyl (C=O) groups excluding carboxylic acids is 1. The lowest BCUT2D eigenvalue weighted by Crippen LogP contribution is -2.45. The van der Waals surface area contributed by atoms with E-state index < -0.39 is 5.60 Å². The Morgan fingerprint density at radius 1 is 1.33 bits per heavy atom. The van der Waals surface area contributed by atoms with Gasteiger partial charge in [-0.25, -0.2) is 4.79 Å². The molecule has 21 heavy (non-hydrogen) atoms. The maximum Gasteiger partial charge on any atom is 0.407 e. The molecule has 0 bridgehead atoms. The molecule has 0 radical (unpaired) electrons. The molecular formula is C17H26N2O2. The summed E-state index contributed by atoms with van der Waals surface area (Å²) in [6.07, 6.45) is 2.17. The first-order valence-corrected chi connectivity index (χ1v) is 7.26. The standard InChI is InChI=1S/C17H26N2O2/c1-5-11-18-13-15(12-14-9-7-6-8-10-14)19-16(20)21-17(2,3)4/h5-10,15,18H,1,11-13H2,2-4H3,(H,19,20)/t15-/m0/s1. The molecule has 1 amide bonds. The number of rotatable bonds is 7. The van der Waals surface area contributed by atoms with Crippen molar-refractivity contribution < 1.29 is 9.53 Å². The quantitative estimate of drug-likeness (QED) is 0.599. The number of hydrogen-bond acceptors (Lipinski definition) is 3. The van der Waals surface area contributed by atoms with Crippen LogP contribution in [0.4, 0.5) is 4.79 Å². The van der Waals surface area contributed by atoms with E-state index in [1.165, 1.54) is 5.56 Å². The molecule has 0 saturated heterocycles. The third-order valence-electron chi connectivity index (χ3n) is 2.73. The number of amides is 1. The Balaban J connectivity index is 2.59. The average molecular weight is 290 g/mol. The van der Waals surface area contributed by atoms with Crippen LogP contribution in [0.3, 0.4) is 0 Å². The molecule has 0 aliphatic rings. The van der Waals surface area contributed by atoms with Crippen LogP contribution in [0, 0.1) is 0 Å². The monoisotopic (exact) mass is 290 g/mol. The minimum absolute atomic E-state index is 0.0257. The second-order valence-corrected chi connectivity index (χ2v) is 5.98. The summed E-state index contributed by atoms with van der Waals surface area (Å²) in [7, 11) is 0. The van der Waals surface area contributed by atoms with Gasteiger partial charge in [-0.15, -0.1) is 6.58 Å². The van der Waals surface area contributed by atoms with Crippen molar-refractivity contribution in [3.8, 4) is 0 Å². The van der Waals surface area contributed by atoms with Crippen molar-refractivity contribution >= 4 is 6.09 Å². The number of nitrogens with one attached hydrogen (secondary N) is 2. The highest BCUT2D eigenvalue weighted by molar-refractivity contribution is 5.68. The second-order valence-electron chi connectivity index (χ2n) is 5.98. The molecule has 0 aliphatic heterocycles. The van der Waals surface area contributed by atoms with E-state index in [-0.39, 0.29) is 12.1 Å². The largest absolute Gasteiger partial charge is 0.444 e. The van der Waals surface area contributed by atoms with Gasteiger partial charge in [0, 0.05) is 19.1 Å². The summed E-state index contributed by atoms with van der Waals surface area (Å²) >= 11 is 0. The molecule has 4 nitrogen and oxygen atoms in total. The first kappa shape index (κ1) is 17.2. The van der Waals surface area contributed by atoms with Gasteiger partial charge in [0.2, 0.25) is 0 Å². The summed E-state index contributed by atoms with van der Waals surface area (Å²) in [5.41, 5.74) is 0.689. The zero-order valence-corrected chi connectivity index (χ0v) is 13.2. The molecule has 2 N–H and O–H groups in total. The highest BCUT2D eigenvalue weighted by atomic mass is 16.6. The minimum atomic E-state index is -0.490. The van der Waals surface area contributed by atoms with Gasteiger partial charge in [-0.1, -0.05) is 36.4 Å². The van der Waals surface area contributed by atoms with Crippen LogP contribution < -0.4 is 10.6 Å². The van der Waals surface area contributed by atoms with E-state index in [4.69, 9.17) is 4.74 Å². The van der Waals surface area contributed by atoms with Crippen molar-refractivity contribution in [2.24, 2.45) is 0 Å². The van der Waals surface area contributed by atoms with Gasteiger partial charge in [-0.3, -0.25) is 0 Å². The van der Waals surface area contributed by atoms with E-state index >= 15 is 0 Å². The molecule has 0 unspecified atom stereocenters. The summed E-state index contributed by atoms with van der Waals surface area (Å²) in [6, 6.07) is 10.1. The Hall–Kier alpha value is -1.81. The van der Waals surface area contributed by atoms with E-state index in [9.17, 15) is 4.79 Å². The molecule has 0 spiro atoms. The molecular weight excluding hydrogens is 264 g/mol. The fourth-order valence-corrected chi connectivity index (χ4v) is 1.91. The van der Waals surface area contributed by atoms with E-state index in [1.807, 2.05) is 39.0 Å². The van der Waals surface area contributed by atoms with Gasteiger partial charge < -0.3 is 15.4 Å². The molecule has 0 aromatic heterocycles. The van der Waals surface area contributed by atoms with E-state index in [1.54, 1.807) is 6.08 Å². The van der Waals surface area contributed by atoms with Gasteiger partial charge in [-0.05, 0) is 32.8 Å². The van der Waals surface area contributed by atoms with Gasteiger partial charge in [0.15, 0.2) is 0 Å². The summed E-state index contributed by atoms with van der Waals surface area (Å²) in [5.74, 6) is 0. The Labute approximate surface area is 127 Å². The van der Waals surface area contributed by atoms with Crippen LogP contribution in [-0.4, -0.2) is 30.8 Å². The first-order valence-electron chi connectivity index (χ1n) is 7.26. The molecule has 1 atom stereocenters. The lowest BCUT2D eigenvalue weighted by molar-refractivity contribution is 0.0504. The second kappa shape index (κ2) is 8.47. The number of benzene rings is 1. The number of hydrogen-bond donors (Lipinski definition) is 2. The lowest BCUT2D eigenvalue weighted by Gasteiger charge is -2.24. The maximum absolute atomic E-state index is 11.9. The molecule has 0 fully saturated rings. The van der Waals surface area contributed by atoms with Crippen LogP contribution >= 0.6 is 0 Å². The Kier molecular flexibility index (Phi) is 6.96. The summed E-state index contributed by atoms with van der Waals surface area (Å²) in [6.45, 7) is 10.6. The smallest absolute Gasteiger partial charge is 0.407 e. The topological polar surface area (TPSA) is 50.4 Å². The molecule has 116 valence electrons. The normalized spacial score (nSPS) is 12.5. The zero-order chi connectivity index (χ0) is 15.7. The van der Waals surface area contributed by atoms with Gasteiger partial charge in [0.1, 0.15) is 5.60 Å². The molecule has 0 saturated carbocycles. The van der Waals surface area contributed by atoms with Crippen LogP contribution in [0.2, 0.25) is 0 Å². The van der Waals surface area contributed by atoms with Crippen molar-refractivity contribution in [1.82, 2.24) is 10.6 Å². The molecule has 1 rings (SSSR count). The molecule has 0 aliphatic carbocycles. The highest BCUT2D eigenvalue weighted by Gasteiger charge is 2.19. The van der Waals surface area contributed by atoms with E-state index in [0.29, 0.717) is 13.1 Å². The number of ether oxygens (including phenoxy) is 1. The van der Waals surface area contributed by atoms with Crippen LogP contribution in [0.5, 0.6) is 0 Å². The van der Waals surface area contributed by atoms with Gasteiger partial charge in [0.25, 0.3) is 0 Å². The van der Waals surface area contributed by atoms with Crippen LogP contribution in [0.1, 0.15) is 26.3 Å². The number of carbonyl (C=O) groups is 1. The zero-order valence-electron chi connectivity index (χ0n) is 13.2. The van der Waals surface area contributed by atoms with Crippen molar-refractivity contribution in [2.75, 3.05) is 13.1 Å². The Morgan fingerprint density at radius 3 is 2.57 bits per heavy atom. The van der Waals surface area contributed by atoms with Gasteiger partial charge in [-0.2, -0.15) is 0 Å². The summed E-state index contributed by atoms with van der Waals surface area (Å²) in [5, 5.41) is 6.16. The van der Waals surface area contributed by atoms with Gasteiger partial charge >= 0.3 is 6.09 Å². The number of alkyl carbamates (subject to hydrolysis) is 1. The fraction of sp³-hybridized carbons (Fsp3) is 0.471. The predicted molar refractivity (Wildman–Crippen MR) is 86.4 cm³/mol. The first-order chi connectivity index (χ1) is 9.90. The van der Waals surface area contributed by atoms with E-state index in [0.717, 1.165) is 6.42 Å². The summed E-state index contributed by atoms with van der Waals surface area (Å²) < 4.78 is 5.31. The lowest BCUT2D eigenvalue weighted by atomic mass is 10.1. The van der Waals surface area contributed by atoms with Crippen LogP contribution in [0.15, 0.2) is 43.0 Å². The minimum Gasteiger partial charge on any atom is -0.444 e. The molecule has 4 heteroatoms. The van der Waals surface area contributed by atoms with Crippen molar-refractivity contribution in [2.45, 2.75) is 38.8 Å². The van der Waals surface area contributed by atoms with Crippen LogP contribution in [0.25, 0.3) is 0 Å². The van der Waals surface area contributed by atoms with Crippen LogP contribution in [-0.2, 0) is 11.2 Å².